The Labute approximate surface area is 179 Å². The average molecular weight is 447 g/mol. The number of carbonyl (C=O) groups excluding carboxylic acids is 2. The summed E-state index contributed by atoms with van der Waals surface area (Å²) in [5.74, 6) is -2.64. The van der Waals surface area contributed by atoms with Gasteiger partial charge in [0.05, 0.1) is 13.0 Å². The summed E-state index contributed by atoms with van der Waals surface area (Å²) in [7, 11) is 1.31. The number of ether oxygens (including phenoxy) is 1. The molecule has 0 spiro atoms. The lowest BCUT2D eigenvalue weighted by Gasteiger charge is -2.40. The fraction of sp³-hybridized carbons (Fsp3) is 0.619. The lowest BCUT2D eigenvalue weighted by molar-refractivity contribution is -0.187. The number of rotatable bonds is 4. The molecule has 2 aliphatic rings. The zero-order chi connectivity index (χ0) is 21.9. The molecule has 0 bridgehead atoms. The van der Waals surface area contributed by atoms with Crippen LogP contribution >= 0.6 is 11.6 Å². The number of hydrogen-bond donors (Lipinski definition) is 0. The molecule has 1 saturated heterocycles. The number of nitrogens with zero attached hydrogens (tertiary/aromatic N) is 2. The quantitative estimate of drug-likeness (QED) is 0.654. The second kappa shape index (κ2) is 9.56. The van der Waals surface area contributed by atoms with E-state index in [-0.39, 0.29) is 18.7 Å². The lowest BCUT2D eigenvalue weighted by Crippen LogP contribution is -2.53. The topological polar surface area (TPSA) is 49.9 Å². The van der Waals surface area contributed by atoms with E-state index >= 15 is 0 Å². The SMILES string of the molecule is COC(=O)C(c1ccccc1Cl)N1CCN(C(=O)C2CCCC(C(F)(F)F)C2)CC1. The predicted molar refractivity (Wildman–Crippen MR) is 106 cm³/mol. The molecule has 1 aromatic carbocycles. The molecule has 166 valence electrons. The third-order valence-corrected chi connectivity index (χ3v) is 6.45. The monoisotopic (exact) mass is 446 g/mol. The molecule has 2 fully saturated rings. The van der Waals surface area contributed by atoms with Gasteiger partial charge in [0, 0.05) is 37.1 Å². The number of alkyl halides is 3. The van der Waals surface area contributed by atoms with Crippen molar-refractivity contribution in [1.29, 1.82) is 0 Å². The van der Waals surface area contributed by atoms with Crippen molar-refractivity contribution >= 4 is 23.5 Å². The largest absolute Gasteiger partial charge is 0.468 e. The summed E-state index contributed by atoms with van der Waals surface area (Å²) < 4.78 is 44.2. The van der Waals surface area contributed by atoms with Gasteiger partial charge in [0.15, 0.2) is 0 Å². The minimum Gasteiger partial charge on any atom is -0.468 e. The Kier molecular flexibility index (Phi) is 7.29. The number of halogens is 4. The molecule has 9 heteroatoms. The van der Waals surface area contributed by atoms with Crippen LogP contribution in [-0.2, 0) is 14.3 Å². The Morgan fingerprint density at radius 3 is 2.40 bits per heavy atom. The maximum atomic E-state index is 13.1. The maximum absolute atomic E-state index is 13.1. The molecule has 30 heavy (non-hydrogen) atoms. The first kappa shape index (κ1) is 22.9. The van der Waals surface area contributed by atoms with Gasteiger partial charge in [0.1, 0.15) is 6.04 Å². The van der Waals surface area contributed by atoms with E-state index in [0.717, 1.165) is 0 Å². The van der Waals surface area contributed by atoms with Crippen LogP contribution in [0.2, 0.25) is 5.02 Å². The highest BCUT2D eigenvalue weighted by molar-refractivity contribution is 6.31. The summed E-state index contributed by atoms with van der Waals surface area (Å²) in [6.07, 6.45) is -3.37. The number of esters is 1. The molecule has 0 N–H and O–H groups in total. The van der Waals surface area contributed by atoms with Crippen LogP contribution in [0.15, 0.2) is 24.3 Å². The van der Waals surface area contributed by atoms with E-state index in [1.807, 2.05) is 4.90 Å². The van der Waals surface area contributed by atoms with Crippen LogP contribution in [0.3, 0.4) is 0 Å². The van der Waals surface area contributed by atoms with Crippen molar-refractivity contribution in [2.24, 2.45) is 11.8 Å². The fourth-order valence-corrected chi connectivity index (χ4v) is 4.69. The smallest absolute Gasteiger partial charge is 0.391 e. The molecule has 5 nitrogen and oxygen atoms in total. The number of carbonyl (C=O) groups is 2. The van der Waals surface area contributed by atoms with E-state index in [2.05, 4.69) is 0 Å². The van der Waals surface area contributed by atoms with Crippen LogP contribution in [0.25, 0.3) is 0 Å². The highest BCUT2D eigenvalue weighted by Gasteiger charge is 2.44. The Balaban J connectivity index is 1.65. The van der Waals surface area contributed by atoms with Crippen LogP contribution in [0.4, 0.5) is 13.2 Å². The molecule has 0 aromatic heterocycles. The minimum atomic E-state index is -4.25. The lowest BCUT2D eigenvalue weighted by atomic mass is 9.80. The number of amides is 1. The van der Waals surface area contributed by atoms with Gasteiger partial charge in [-0.05, 0) is 30.9 Å². The van der Waals surface area contributed by atoms with Crippen LogP contribution in [0.1, 0.15) is 37.3 Å². The number of piperazine rings is 1. The van der Waals surface area contributed by atoms with Gasteiger partial charge >= 0.3 is 12.1 Å². The van der Waals surface area contributed by atoms with Crippen molar-refractivity contribution in [1.82, 2.24) is 9.80 Å². The van der Waals surface area contributed by atoms with Crippen molar-refractivity contribution in [3.05, 3.63) is 34.9 Å². The predicted octanol–water partition coefficient (Wildman–Crippen LogP) is 4.07. The van der Waals surface area contributed by atoms with E-state index in [1.165, 1.54) is 7.11 Å². The molecule has 1 amide bonds. The van der Waals surface area contributed by atoms with Gasteiger partial charge in [0.25, 0.3) is 0 Å². The highest BCUT2D eigenvalue weighted by Crippen LogP contribution is 2.40. The van der Waals surface area contributed by atoms with E-state index < -0.39 is 30.0 Å². The second-order valence-electron chi connectivity index (χ2n) is 7.91. The summed E-state index contributed by atoms with van der Waals surface area (Å²) >= 11 is 6.28. The van der Waals surface area contributed by atoms with Crippen molar-refractivity contribution < 1.29 is 27.5 Å². The number of methoxy groups -OCH3 is 1. The van der Waals surface area contributed by atoms with Crippen LogP contribution in [-0.4, -0.2) is 61.1 Å². The molecule has 3 atom stereocenters. The first-order valence-corrected chi connectivity index (χ1v) is 10.5. The van der Waals surface area contributed by atoms with Gasteiger partial charge in [-0.25, -0.2) is 4.79 Å². The maximum Gasteiger partial charge on any atom is 0.391 e. The summed E-state index contributed by atoms with van der Waals surface area (Å²) in [5.41, 5.74) is 0.631. The van der Waals surface area contributed by atoms with E-state index in [4.69, 9.17) is 16.3 Å². The first-order valence-electron chi connectivity index (χ1n) is 10.1. The van der Waals surface area contributed by atoms with Gasteiger partial charge in [-0.1, -0.05) is 36.2 Å². The van der Waals surface area contributed by atoms with E-state index in [9.17, 15) is 22.8 Å². The summed E-state index contributed by atoms with van der Waals surface area (Å²) in [6.45, 7) is 1.52. The van der Waals surface area contributed by atoms with Crippen LogP contribution in [0, 0.1) is 11.8 Å². The molecule has 3 rings (SSSR count). The minimum absolute atomic E-state index is 0.0969. The highest BCUT2D eigenvalue weighted by atomic mass is 35.5. The zero-order valence-corrected chi connectivity index (χ0v) is 17.6. The Hall–Kier alpha value is -1.80. The van der Waals surface area contributed by atoms with Crippen molar-refractivity contribution in [3.63, 3.8) is 0 Å². The number of benzene rings is 1. The zero-order valence-electron chi connectivity index (χ0n) is 16.8. The van der Waals surface area contributed by atoms with Gasteiger partial charge in [-0.3, -0.25) is 9.69 Å². The molecule has 1 aliphatic heterocycles. The summed E-state index contributed by atoms with van der Waals surface area (Å²) in [6, 6.07) is 6.34. The Morgan fingerprint density at radius 2 is 1.80 bits per heavy atom. The van der Waals surface area contributed by atoms with Gasteiger partial charge in [-0.15, -0.1) is 0 Å². The molecule has 0 radical (unpaired) electrons. The van der Waals surface area contributed by atoms with Gasteiger partial charge < -0.3 is 9.64 Å². The molecule has 3 unspecified atom stereocenters. The third-order valence-electron chi connectivity index (χ3n) is 6.10. The molecule has 1 aromatic rings. The standard InChI is InChI=1S/C21H26ClF3N2O3/c1-30-20(29)18(16-7-2-3-8-17(16)22)26-9-11-27(12-10-26)19(28)14-5-4-6-15(13-14)21(23,24)25/h2-3,7-8,14-15,18H,4-6,9-13H2,1H3. The average Bonchev–Trinajstić information content (AvgIpc) is 2.74. The Morgan fingerprint density at radius 1 is 1.13 bits per heavy atom. The second-order valence-corrected chi connectivity index (χ2v) is 8.32. The molecular weight excluding hydrogens is 421 g/mol. The first-order chi connectivity index (χ1) is 14.2. The Bertz CT molecular complexity index is 766. The van der Waals surface area contributed by atoms with Crippen molar-refractivity contribution in [2.75, 3.05) is 33.3 Å². The fourth-order valence-electron chi connectivity index (χ4n) is 4.45. The third kappa shape index (κ3) is 5.09. The molecule has 1 heterocycles. The summed E-state index contributed by atoms with van der Waals surface area (Å²) in [4.78, 5) is 28.8. The van der Waals surface area contributed by atoms with Crippen molar-refractivity contribution in [2.45, 2.75) is 37.9 Å². The molecule has 1 saturated carbocycles. The van der Waals surface area contributed by atoms with Gasteiger partial charge in [-0.2, -0.15) is 13.2 Å². The van der Waals surface area contributed by atoms with Crippen molar-refractivity contribution in [3.8, 4) is 0 Å². The van der Waals surface area contributed by atoms with E-state index in [0.29, 0.717) is 49.6 Å². The summed E-state index contributed by atoms with van der Waals surface area (Å²) in [5, 5.41) is 0.451. The number of hydrogen-bond acceptors (Lipinski definition) is 4. The normalized spacial score (nSPS) is 24.4. The van der Waals surface area contributed by atoms with Gasteiger partial charge in [0.2, 0.25) is 5.91 Å². The van der Waals surface area contributed by atoms with Crippen LogP contribution in [0.5, 0.6) is 0 Å². The molecular formula is C21H26ClF3N2O3. The van der Waals surface area contributed by atoms with E-state index in [1.54, 1.807) is 29.2 Å². The van der Waals surface area contributed by atoms with Crippen LogP contribution < -0.4 is 0 Å². The molecule has 1 aliphatic carbocycles.